The van der Waals surface area contributed by atoms with Crippen molar-refractivity contribution in [1.29, 1.82) is 0 Å². The van der Waals surface area contributed by atoms with Crippen molar-refractivity contribution >= 4 is 21.9 Å². The molecule has 0 spiro atoms. The van der Waals surface area contributed by atoms with Gasteiger partial charge in [-0.05, 0) is 19.1 Å². The Balaban J connectivity index is 2.58. The number of furan rings is 1. The number of aromatic nitrogens is 2. The quantitative estimate of drug-likeness (QED) is 0.695. The Labute approximate surface area is 96.7 Å². The summed E-state index contributed by atoms with van der Waals surface area (Å²) in [4.78, 5) is 8.21. The fraction of sp³-hybridized carbons (Fsp3) is 0.167. The number of aromatic hydroxyl groups is 1. The van der Waals surface area contributed by atoms with Gasteiger partial charge in [-0.3, -0.25) is 0 Å². The first-order valence-electron chi connectivity index (χ1n) is 5.12. The molecule has 0 amide bonds. The lowest BCUT2D eigenvalue weighted by atomic mass is 10.1. The molecular formula is C12H10N2O3. The zero-order valence-electron chi connectivity index (χ0n) is 9.39. The van der Waals surface area contributed by atoms with Crippen molar-refractivity contribution < 1.29 is 14.3 Å². The summed E-state index contributed by atoms with van der Waals surface area (Å²) in [5, 5.41) is 11.2. The number of hydrogen-bond acceptors (Lipinski definition) is 5. The third kappa shape index (κ3) is 1.32. The number of aryl methyl sites for hydroxylation is 1. The van der Waals surface area contributed by atoms with Gasteiger partial charge in [-0.15, -0.1) is 0 Å². The predicted molar refractivity (Wildman–Crippen MR) is 62.3 cm³/mol. The number of ether oxygens (including phenoxy) is 1. The lowest BCUT2D eigenvalue weighted by molar-refractivity contribution is 0.419. The van der Waals surface area contributed by atoms with Crippen LogP contribution in [-0.4, -0.2) is 22.2 Å². The van der Waals surface area contributed by atoms with E-state index >= 15 is 0 Å². The number of nitrogens with zero attached hydrogens (tertiary/aromatic N) is 2. The molecule has 0 saturated heterocycles. The highest BCUT2D eigenvalue weighted by Gasteiger charge is 2.14. The zero-order valence-corrected chi connectivity index (χ0v) is 9.39. The van der Waals surface area contributed by atoms with E-state index in [9.17, 15) is 5.11 Å². The molecule has 0 aliphatic rings. The number of fused-ring (bicyclic) bond motifs is 3. The zero-order chi connectivity index (χ0) is 12.0. The standard InChI is InChI=1S/C12H10N2O3/c1-6-13-10-8(12(15)14-6)5-9(16-2)7-3-4-17-11(7)10/h3-5H,1-2H3,(H,13,14,15). The summed E-state index contributed by atoms with van der Waals surface area (Å²) in [6.07, 6.45) is 1.57. The second-order valence-electron chi connectivity index (χ2n) is 3.73. The van der Waals surface area contributed by atoms with Crippen LogP contribution in [0.3, 0.4) is 0 Å². The van der Waals surface area contributed by atoms with Crippen molar-refractivity contribution in [1.82, 2.24) is 9.97 Å². The van der Waals surface area contributed by atoms with Crippen LogP contribution in [0.4, 0.5) is 0 Å². The molecule has 0 radical (unpaired) electrons. The summed E-state index contributed by atoms with van der Waals surface area (Å²) in [7, 11) is 1.57. The topological polar surface area (TPSA) is 68.4 Å². The van der Waals surface area contributed by atoms with E-state index in [0.717, 1.165) is 5.39 Å². The Hall–Kier alpha value is -2.30. The fourth-order valence-corrected chi connectivity index (χ4v) is 1.94. The predicted octanol–water partition coefficient (Wildman–Crippen LogP) is 2.40. The van der Waals surface area contributed by atoms with Crippen LogP contribution in [0.1, 0.15) is 5.82 Å². The maximum atomic E-state index is 9.82. The van der Waals surface area contributed by atoms with Gasteiger partial charge in [0, 0.05) is 0 Å². The Morgan fingerprint density at radius 3 is 2.88 bits per heavy atom. The highest BCUT2D eigenvalue weighted by Crippen LogP contribution is 2.35. The summed E-state index contributed by atoms with van der Waals surface area (Å²) >= 11 is 0. The van der Waals surface area contributed by atoms with Gasteiger partial charge < -0.3 is 14.3 Å². The molecule has 17 heavy (non-hydrogen) atoms. The van der Waals surface area contributed by atoms with E-state index in [1.165, 1.54) is 0 Å². The van der Waals surface area contributed by atoms with Gasteiger partial charge in [0.15, 0.2) is 5.58 Å². The molecule has 3 aromatic rings. The van der Waals surface area contributed by atoms with Crippen molar-refractivity contribution in [3.05, 3.63) is 24.2 Å². The van der Waals surface area contributed by atoms with Crippen LogP contribution in [0.2, 0.25) is 0 Å². The van der Waals surface area contributed by atoms with Gasteiger partial charge >= 0.3 is 0 Å². The third-order valence-electron chi connectivity index (χ3n) is 2.68. The Kier molecular flexibility index (Phi) is 1.95. The third-order valence-corrected chi connectivity index (χ3v) is 2.68. The van der Waals surface area contributed by atoms with E-state index < -0.39 is 0 Å². The van der Waals surface area contributed by atoms with Gasteiger partial charge in [-0.25, -0.2) is 4.98 Å². The molecule has 5 nitrogen and oxygen atoms in total. The average molecular weight is 230 g/mol. The van der Waals surface area contributed by atoms with Crippen molar-refractivity contribution in [2.75, 3.05) is 7.11 Å². The van der Waals surface area contributed by atoms with Crippen LogP contribution in [0.15, 0.2) is 22.8 Å². The van der Waals surface area contributed by atoms with Crippen LogP contribution in [0, 0.1) is 6.92 Å². The van der Waals surface area contributed by atoms with Gasteiger partial charge in [0.1, 0.15) is 17.1 Å². The smallest absolute Gasteiger partial charge is 0.222 e. The number of methoxy groups -OCH3 is 1. The summed E-state index contributed by atoms with van der Waals surface area (Å²) in [5.74, 6) is 1.06. The summed E-state index contributed by atoms with van der Waals surface area (Å²) in [5.41, 5.74) is 1.19. The number of rotatable bonds is 1. The second-order valence-corrected chi connectivity index (χ2v) is 3.73. The lowest BCUT2D eigenvalue weighted by Gasteiger charge is -2.06. The molecule has 86 valence electrons. The van der Waals surface area contributed by atoms with Crippen LogP contribution in [0.5, 0.6) is 11.6 Å². The van der Waals surface area contributed by atoms with Crippen LogP contribution < -0.4 is 4.74 Å². The second kappa shape index (κ2) is 3.35. The maximum absolute atomic E-state index is 9.82. The Morgan fingerprint density at radius 2 is 2.12 bits per heavy atom. The first kappa shape index (κ1) is 9.89. The minimum Gasteiger partial charge on any atom is -0.496 e. The molecule has 0 atom stereocenters. The molecule has 0 saturated carbocycles. The molecule has 0 bridgehead atoms. The molecular weight excluding hydrogens is 220 g/mol. The van der Waals surface area contributed by atoms with Crippen LogP contribution in [-0.2, 0) is 0 Å². The summed E-state index contributed by atoms with van der Waals surface area (Å²) < 4.78 is 10.7. The van der Waals surface area contributed by atoms with E-state index in [0.29, 0.717) is 28.1 Å². The molecule has 5 heteroatoms. The molecule has 2 heterocycles. The molecule has 0 unspecified atom stereocenters. The van der Waals surface area contributed by atoms with E-state index in [1.54, 1.807) is 26.4 Å². The van der Waals surface area contributed by atoms with Crippen molar-refractivity contribution in [3.63, 3.8) is 0 Å². The molecule has 0 fully saturated rings. The summed E-state index contributed by atoms with van der Waals surface area (Å²) in [6, 6.07) is 3.52. The van der Waals surface area contributed by atoms with Crippen molar-refractivity contribution in [2.24, 2.45) is 0 Å². The number of benzene rings is 1. The van der Waals surface area contributed by atoms with Crippen molar-refractivity contribution in [2.45, 2.75) is 6.92 Å². The molecule has 2 aromatic heterocycles. The first-order chi connectivity index (χ1) is 8.20. The molecule has 1 aromatic carbocycles. The van der Waals surface area contributed by atoms with Crippen molar-refractivity contribution in [3.8, 4) is 11.6 Å². The van der Waals surface area contributed by atoms with Gasteiger partial charge in [-0.1, -0.05) is 0 Å². The van der Waals surface area contributed by atoms with Gasteiger partial charge in [0.2, 0.25) is 5.88 Å². The summed E-state index contributed by atoms with van der Waals surface area (Å²) in [6.45, 7) is 1.72. The highest BCUT2D eigenvalue weighted by atomic mass is 16.5. The normalized spacial score (nSPS) is 11.2. The minimum atomic E-state index is -0.0656. The maximum Gasteiger partial charge on any atom is 0.222 e. The van der Waals surface area contributed by atoms with E-state index in [4.69, 9.17) is 9.15 Å². The van der Waals surface area contributed by atoms with Gasteiger partial charge in [0.05, 0.1) is 24.1 Å². The molecule has 3 rings (SSSR count). The number of hydrogen-bond donors (Lipinski definition) is 1. The van der Waals surface area contributed by atoms with E-state index in [2.05, 4.69) is 9.97 Å². The molecule has 0 aliphatic heterocycles. The molecule has 0 aliphatic carbocycles. The SMILES string of the molecule is COc1cc2c(O)nc(C)nc2c2occc12. The lowest BCUT2D eigenvalue weighted by Crippen LogP contribution is -1.92. The van der Waals surface area contributed by atoms with Gasteiger partial charge in [0.25, 0.3) is 0 Å². The minimum absolute atomic E-state index is 0.0656. The Morgan fingerprint density at radius 1 is 1.29 bits per heavy atom. The highest BCUT2D eigenvalue weighted by molar-refractivity contribution is 6.06. The Bertz CT molecular complexity index is 718. The van der Waals surface area contributed by atoms with Gasteiger partial charge in [-0.2, -0.15) is 4.98 Å². The van der Waals surface area contributed by atoms with Crippen LogP contribution >= 0.6 is 0 Å². The average Bonchev–Trinajstić information content (AvgIpc) is 2.77. The monoisotopic (exact) mass is 230 g/mol. The molecule has 1 N–H and O–H groups in total. The van der Waals surface area contributed by atoms with E-state index in [-0.39, 0.29) is 5.88 Å². The van der Waals surface area contributed by atoms with E-state index in [1.807, 2.05) is 6.07 Å². The fourth-order valence-electron chi connectivity index (χ4n) is 1.94. The first-order valence-corrected chi connectivity index (χ1v) is 5.12. The largest absolute Gasteiger partial charge is 0.496 e. The van der Waals surface area contributed by atoms with Crippen LogP contribution in [0.25, 0.3) is 21.9 Å².